The summed E-state index contributed by atoms with van der Waals surface area (Å²) >= 11 is 0. The molecule has 3 heterocycles. The Balaban J connectivity index is 1.76. The Labute approximate surface area is 116 Å². The molecule has 0 aromatic carbocycles. The van der Waals surface area contributed by atoms with E-state index >= 15 is 0 Å². The molecule has 2 aromatic rings. The molecule has 0 aliphatic carbocycles. The summed E-state index contributed by atoms with van der Waals surface area (Å²) in [5.74, 6) is -0.153. The van der Waals surface area contributed by atoms with Crippen molar-refractivity contribution in [3.05, 3.63) is 29.7 Å². The van der Waals surface area contributed by atoms with Gasteiger partial charge in [-0.25, -0.2) is 4.79 Å². The molecule has 0 radical (unpaired) electrons. The van der Waals surface area contributed by atoms with E-state index in [2.05, 4.69) is 10.2 Å². The van der Waals surface area contributed by atoms with Gasteiger partial charge >= 0.3 is 5.97 Å². The van der Waals surface area contributed by atoms with Crippen molar-refractivity contribution in [3.63, 3.8) is 0 Å². The first-order chi connectivity index (χ1) is 9.74. The zero-order chi connectivity index (χ0) is 13.9. The minimum absolute atomic E-state index is 0.243. The van der Waals surface area contributed by atoms with Crippen molar-refractivity contribution >= 4 is 11.6 Å². The predicted molar refractivity (Wildman–Crippen MR) is 71.9 cm³/mol. The van der Waals surface area contributed by atoms with E-state index in [0.29, 0.717) is 11.8 Å². The average Bonchev–Trinajstić information content (AvgIpc) is 2.88. The van der Waals surface area contributed by atoms with Crippen LogP contribution in [0.15, 0.2) is 18.3 Å². The molecule has 1 aliphatic rings. The SMILES string of the molecule is O=C(O)c1ccc2nnc(CCC3CCCCO3)n2c1. The number of rotatable bonds is 4. The lowest BCUT2D eigenvalue weighted by Gasteiger charge is -2.21. The van der Waals surface area contributed by atoms with Gasteiger partial charge in [-0.05, 0) is 37.8 Å². The maximum Gasteiger partial charge on any atom is 0.337 e. The number of pyridine rings is 1. The maximum atomic E-state index is 11.0. The number of nitrogens with zero attached hydrogens (tertiary/aromatic N) is 3. The van der Waals surface area contributed by atoms with Crippen molar-refractivity contribution in [1.29, 1.82) is 0 Å². The van der Waals surface area contributed by atoms with Crippen LogP contribution in [0.3, 0.4) is 0 Å². The van der Waals surface area contributed by atoms with Crippen LogP contribution in [0.4, 0.5) is 0 Å². The first kappa shape index (κ1) is 13.1. The molecule has 6 nitrogen and oxygen atoms in total. The van der Waals surface area contributed by atoms with Crippen molar-refractivity contribution in [2.45, 2.75) is 38.2 Å². The Morgan fingerprint density at radius 1 is 1.40 bits per heavy atom. The van der Waals surface area contributed by atoms with Gasteiger partial charge in [0.05, 0.1) is 11.7 Å². The molecule has 1 aliphatic heterocycles. The Hall–Kier alpha value is -1.95. The summed E-state index contributed by atoms with van der Waals surface area (Å²) in [5, 5.41) is 17.2. The minimum atomic E-state index is -0.942. The third-order valence-corrected chi connectivity index (χ3v) is 3.68. The van der Waals surface area contributed by atoms with E-state index in [9.17, 15) is 4.79 Å². The summed E-state index contributed by atoms with van der Waals surface area (Å²) in [7, 11) is 0. The molecule has 1 fully saturated rings. The number of hydrogen-bond acceptors (Lipinski definition) is 4. The third-order valence-electron chi connectivity index (χ3n) is 3.68. The molecule has 1 N–H and O–H groups in total. The molecule has 1 saturated heterocycles. The van der Waals surface area contributed by atoms with E-state index < -0.39 is 5.97 Å². The monoisotopic (exact) mass is 275 g/mol. The summed E-state index contributed by atoms with van der Waals surface area (Å²) in [4.78, 5) is 11.0. The quantitative estimate of drug-likeness (QED) is 0.922. The predicted octanol–water partition coefficient (Wildman–Crippen LogP) is 1.93. The fourth-order valence-electron chi connectivity index (χ4n) is 2.56. The highest BCUT2D eigenvalue weighted by molar-refractivity contribution is 5.87. The van der Waals surface area contributed by atoms with Gasteiger partial charge in [0, 0.05) is 19.2 Å². The summed E-state index contributed by atoms with van der Waals surface area (Å²) in [5.41, 5.74) is 0.919. The number of aryl methyl sites for hydroxylation is 1. The highest BCUT2D eigenvalue weighted by atomic mass is 16.5. The first-order valence-electron chi connectivity index (χ1n) is 6.92. The van der Waals surface area contributed by atoms with Crippen molar-refractivity contribution in [3.8, 4) is 0 Å². The van der Waals surface area contributed by atoms with Crippen LogP contribution < -0.4 is 0 Å². The van der Waals surface area contributed by atoms with E-state index in [4.69, 9.17) is 9.84 Å². The maximum absolute atomic E-state index is 11.0. The minimum Gasteiger partial charge on any atom is -0.478 e. The van der Waals surface area contributed by atoms with Crippen LogP contribution in [-0.4, -0.2) is 38.4 Å². The van der Waals surface area contributed by atoms with Crippen LogP contribution >= 0.6 is 0 Å². The van der Waals surface area contributed by atoms with Gasteiger partial charge in [-0.1, -0.05) is 0 Å². The third kappa shape index (κ3) is 2.65. The number of aromatic nitrogens is 3. The number of carboxylic acids is 1. The number of aromatic carboxylic acids is 1. The van der Waals surface area contributed by atoms with Gasteiger partial charge in [0.15, 0.2) is 5.65 Å². The normalized spacial score (nSPS) is 19.3. The smallest absolute Gasteiger partial charge is 0.337 e. The lowest BCUT2D eigenvalue weighted by atomic mass is 10.0. The van der Waals surface area contributed by atoms with Crippen LogP contribution in [0, 0.1) is 0 Å². The summed E-state index contributed by atoms with van der Waals surface area (Å²) in [6.07, 6.45) is 6.97. The van der Waals surface area contributed by atoms with Crippen molar-refractivity contribution in [2.75, 3.05) is 6.61 Å². The molecule has 20 heavy (non-hydrogen) atoms. The highest BCUT2D eigenvalue weighted by Gasteiger charge is 2.16. The van der Waals surface area contributed by atoms with E-state index in [0.717, 1.165) is 38.1 Å². The fourth-order valence-corrected chi connectivity index (χ4v) is 2.56. The molecular formula is C14H17N3O3. The van der Waals surface area contributed by atoms with Crippen LogP contribution in [0.5, 0.6) is 0 Å². The molecular weight excluding hydrogens is 258 g/mol. The van der Waals surface area contributed by atoms with Gasteiger partial charge < -0.3 is 9.84 Å². The fraction of sp³-hybridized carbons (Fsp3) is 0.500. The topological polar surface area (TPSA) is 76.7 Å². The second-order valence-electron chi connectivity index (χ2n) is 5.09. The Bertz CT molecular complexity index is 617. The molecule has 6 heteroatoms. The van der Waals surface area contributed by atoms with Gasteiger partial charge in [0.25, 0.3) is 0 Å². The molecule has 0 amide bonds. The number of ether oxygens (including phenoxy) is 1. The summed E-state index contributed by atoms with van der Waals surface area (Å²) in [6, 6.07) is 3.22. The van der Waals surface area contributed by atoms with Crippen molar-refractivity contribution in [1.82, 2.24) is 14.6 Å². The number of fused-ring (bicyclic) bond motifs is 1. The second-order valence-corrected chi connectivity index (χ2v) is 5.09. The number of carbonyl (C=O) groups is 1. The van der Waals surface area contributed by atoms with Crippen LogP contribution in [0.25, 0.3) is 5.65 Å². The largest absolute Gasteiger partial charge is 0.478 e. The Morgan fingerprint density at radius 2 is 2.30 bits per heavy atom. The number of carboxylic acid groups (broad SMARTS) is 1. The number of hydrogen-bond donors (Lipinski definition) is 1. The molecule has 1 unspecified atom stereocenters. The van der Waals surface area contributed by atoms with Crippen LogP contribution in [0.1, 0.15) is 41.9 Å². The Morgan fingerprint density at radius 3 is 3.05 bits per heavy atom. The zero-order valence-corrected chi connectivity index (χ0v) is 11.2. The van der Waals surface area contributed by atoms with E-state index in [1.54, 1.807) is 22.7 Å². The average molecular weight is 275 g/mol. The van der Waals surface area contributed by atoms with Crippen molar-refractivity contribution in [2.24, 2.45) is 0 Å². The molecule has 0 spiro atoms. The standard InChI is InChI=1S/C14H17N3O3/c18-14(19)10-4-6-12-15-16-13(17(12)9-10)7-5-11-3-1-2-8-20-11/h4,6,9,11H,1-3,5,7-8H2,(H,18,19). The molecule has 106 valence electrons. The summed E-state index contributed by atoms with van der Waals surface area (Å²) in [6.45, 7) is 0.842. The molecule has 1 atom stereocenters. The molecule has 0 saturated carbocycles. The Kier molecular flexibility index (Phi) is 3.64. The van der Waals surface area contributed by atoms with Gasteiger partial charge in [-0.15, -0.1) is 10.2 Å². The highest BCUT2D eigenvalue weighted by Crippen LogP contribution is 2.18. The summed E-state index contributed by atoms with van der Waals surface area (Å²) < 4.78 is 7.45. The molecule has 3 rings (SSSR count). The molecule has 2 aromatic heterocycles. The van der Waals surface area contributed by atoms with Crippen molar-refractivity contribution < 1.29 is 14.6 Å². The second kappa shape index (κ2) is 5.58. The van der Waals surface area contributed by atoms with Crippen LogP contribution in [0.2, 0.25) is 0 Å². The van der Waals surface area contributed by atoms with Crippen LogP contribution in [-0.2, 0) is 11.2 Å². The lowest BCUT2D eigenvalue weighted by molar-refractivity contribution is 0.0112. The van der Waals surface area contributed by atoms with Gasteiger partial charge in [-0.3, -0.25) is 4.40 Å². The van der Waals surface area contributed by atoms with E-state index in [-0.39, 0.29) is 5.56 Å². The zero-order valence-electron chi connectivity index (χ0n) is 11.2. The lowest BCUT2D eigenvalue weighted by Crippen LogP contribution is -2.20. The van der Waals surface area contributed by atoms with Gasteiger partial charge in [-0.2, -0.15) is 0 Å². The van der Waals surface area contributed by atoms with Gasteiger partial charge in [0.2, 0.25) is 0 Å². The van der Waals surface area contributed by atoms with E-state index in [1.165, 1.54) is 6.42 Å². The van der Waals surface area contributed by atoms with E-state index in [1.807, 2.05) is 0 Å². The first-order valence-corrected chi connectivity index (χ1v) is 6.92. The van der Waals surface area contributed by atoms with Gasteiger partial charge in [0.1, 0.15) is 5.82 Å². The molecule has 0 bridgehead atoms.